The van der Waals surface area contributed by atoms with Crippen LogP contribution in [0.3, 0.4) is 0 Å². The number of rotatable bonds is 3. The van der Waals surface area contributed by atoms with Crippen LogP contribution in [0.25, 0.3) is 16.7 Å². The average molecular weight is 310 g/mol. The van der Waals surface area contributed by atoms with E-state index in [0.717, 1.165) is 0 Å². The standard InChI is InChI=1S/C17H10O6/c18-15(19)11-7-3-6-10-12(11)8-4-1-2-5-9(8)13(10)14(16(20)21)17(22)23/h1-7H,(H,18,19)(H,20,21)(H,22,23). The molecule has 0 bridgehead atoms. The summed E-state index contributed by atoms with van der Waals surface area (Å²) in [5.41, 5.74) is 0.792. The lowest BCUT2D eigenvalue weighted by atomic mass is 9.96. The Hall–Kier alpha value is -3.41. The van der Waals surface area contributed by atoms with Gasteiger partial charge in [0.25, 0.3) is 0 Å². The fourth-order valence-corrected chi connectivity index (χ4v) is 2.87. The Morgan fingerprint density at radius 3 is 1.83 bits per heavy atom. The van der Waals surface area contributed by atoms with Crippen LogP contribution < -0.4 is 0 Å². The number of fused-ring (bicyclic) bond motifs is 3. The van der Waals surface area contributed by atoms with Gasteiger partial charge >= 0.3 is 17.9 Å². The van der Waals surface area contributed by atoms with E-state index in [2.05, 4.69) is 0 Å². The van der Waals surface area contributed by atoms with Gasteiger partial charge in [0.05, 0.1) is 5.56 Å². The smallest absolute Gasteiger partial charge is 0.343 e. The van der Waals surface area contributed by atoms with Crippen molar-refractivity contribution in [2.24, 2.45) is 0 Å². The third-order valence-electron chi connectivity index (χ3n) is 3.71. The molecule has 0 fully saturated rings. The van der Waals surface area contributed by atoms with Crippen LogP contribution in [0.2, 0.25) is 0 Å². The summed E-state index contributed by atoms with van der Waals surface area (Å²) in [5, 5.41) is 27.9. The van der Waals surface area contributed by atoms with Crippen molar-refractivity contribution in [1.29, 1.82) is 0 Å². The Kier molecular flexibility index (Phi) is 3.22. The minimum atomic E-state index is -1.57. The van der Waals surface area contributed by atoms with Crippen molar-refractivity contribution in [3.05, 3.63) is 64.7 Å². The molecule has 3 N–H and O–H groups in total. The van der Waals surface area contributed by atoms with Gasteiger partial charge in [-0.2, -0.15) is 0 Å². The summed E-state index contributed by atoms with van der Waals surface area (Å²) in [6, 6.07) is 11.0. The molecule has 6 heteroatoms. The summed E-state index contributed by atoms with van der Waals surface area (Å²) >= 11 is 0. The molecule has 3 rings (SSSR count). The molecule has 1 aliphatic rings. The molecule has 0 radical (unpaired) electrons. The molecule has 0 atom stereocenters. The van der Waals surface area contributed by atoms with E-state index in [9.17, 15) is 29.7 Å². The number of aliphatic carboxylic acids is 2. The summed E-state index contributed by atoms with van der Waals surface area (Å²) in [6.07, 6.45) is 0. The lowest BCUT2D eigenvalue weighted by Crippen LogP contribution is -2.14. The Morgan fingerprint density at radius 2 is 1.26 bits per heavy atom. The first-order chi connectivity index (χ1) is 10.9. The molecule has 2 aromatic rings. The van der Waals surface area contributed by atoms with Crippen molar-refractivity contribution < 1.29 is 29.7 Å². The molecular weight excluding hydrogens is 300 g/mol. The van der Waals surface area contributed by atoms with Crippen LogP contribution in [0.4, 0.5) is 0 Å². The van der Waals surface area contributed by atoms with Crippen molar-refractivity contribution in [3.63, 3.8) is 0 Å². The van der Waals surface area contributed by atoms with Crippen molar-refractivity contribution in [3.8, 4) is 11.1 Å². The van der Waals surface area contributed by atoms with Gasteiger partial charge in [-0.25, -0.2) is 14.4 Å². The second-order valence-corrected chi connectivity index (χ2v) is 4.94. The number of carboxylic acids is 3. The SMILES string of the molecule is O=C(O)C(C(=O)O)=C1c2ccccc2-c2c(C(=O)O)cccc21. The highest BCUT2D eigenvalue weighted by Gasteiger charge is 2.33. The molecule has 1 aliphatic carbocycles. The number of benzene rings is 2. The van der Waals surface area contributed by atoms with Gasteiger partial charge in [-0.05, 0) is 22.8 Å². The van der Waals surface area contributed by atoms with E-state index in [-0.39, 0.29) is 11.1 Å². The number of hydrogen-bond acceptors (Lipinski definition) is 3. The first kappa shape index (κ1) is 14.5. The fraction of sp³-hybridized carbons (Fsp3) is 0. The molecular formula is C17H10O6. The second kappa shape index (κ2) is 5.10. The average Bonchev–Trinajstić information content (AvgIpc) is 2.82. The normalized spacial score (nSPS) is 11.6. The van der Waals surface area contributed by atoms with Crippen LogP contribution in [0.5, 0.6) is 0 Å². The number of carboxylic acid groups (broad SMARTS) is 3. The van der Waals surface area contributed by atoms with Crippen LogP contribution in [0.1, 0.15) is 21.5 Å². The molecule has 0 spiro atoms. The minimum Gasteiger partial charge on any atom is -0.478 e. The molecule has 0 unspecified atom stereocenters. The highest BCUT2D eigenvalue weighted by atomic mass is 16.4. The van der Waals surface area contributed by atoms with E-state index >= 15 is 0 Å². The number of carbonyl (C=O) groups is 3. The Morgan fingerprint density at radius 1 is 0.696 bits per heavy atom. The topological polar surface area (TPSA) is 112 Å². The number of hydrogen-bond donors (Lipinski definition) is 3. The highest BCUT2D eigenvalue weighted by molar-refractivity contribution is 6.24. The van der Waals surface area contributed by atoms with Crippen LogP contribution in [-0.4, -0.2) is 33.2 Å². The summed E-state index contributed by atoms with van der Waals surface area (Å²) < 4.78 is 0. The highest BCUT2D eigenvalue weighted by Crippen LogP contribution is 2.47. The van der Waals surface area contributed by atoms with Gasteiger partial charge < -0.3 is 15.3 Å². The summed E-state index contributed by atoms with van der Waals surface area (Å²) in [6.45, 7) is 0. The first-order valence-electron chi connectivity index (χ1n) is 6.60. The zero-order valence-electron chi connectivity index (χ0n) is 11.6. The Bertz CT molecular complexity index is 891. The van der Waals surface area contributed by atoms with Gasteiger partial charge in [-0.1, -0.05) is 36.4 Å². The van der Waals surface area contributed by atoms with Crippen LogP contribution >= 0.6 is 0 Å². The summed E-state index contributed by atoms with van der Waals surface area (Å²) in [7, 11) is 0. The minimum absolute atomic E-state index is 0.0000718. The lowest BCUT2D eigenvalue weighted by molar-refractivity contribution is -0.140. The van der Waals surface area contributed by atoms with E-state index in [1.165, 1.54) is 18.2 Å². The Balaban J connectivity index is 2.51. The summed E-state index contributed by atoms with van der Waals surface area (Å²) in [5.74, 6) is -4.31. The molecule has 6 nitrogen and oxygen atoms in total. The molecule has 0 saturated carbocycles. The molecule has 0 amide bonds. The van der Waals surface area contributed by atoms with Gasteiger partial charge in [0, 0.05) is 11.1 Å². The molecule has 0 aliphatic heterocycles. The molecule has 2 aromatic carbocycles. The maximum absolute atomic E-state index is 11.5. The number of aromatic carboxylic acids is 1. The van der Waals surface area contributed by atoms with Crippen LogP contribution in [0.15, 0.2) is 48.0 Å². The monoisotopic (exact) mass is 310 g/mol. The zero-order chi connectivity index (χ0) is 16.7. The van der Waals surface area contributed by atoms with E-state index in [1.54, 1.807) is 24.3 Å². The third kappa shape index (κ3) is 2.08. The molecule has 0 aromatic heterocycles. The van der Waals surface area contributed by atoms with Gasteiger partial charge in [0.2, 0.25) is 0 Å². The zero-order valence-corrected chi connectivity index (χ0v) is 11.6. The van der Waals surface area contributed by atoms with Crippen molar-refractivity contribution in [2.45, 2.75) is 0 Å². The predicted octanol–water partition coefficient (Wildman–Crippen LogP) is 2.34. The Labute approximate surface area is 129 Å². The van der Waals surface area contributed by atoms with Crippen molar-refractivity contribution >= 4 is 23.5 Å². The lowest BCUT2D eigenvalue weighted by Gasteiger charge is -2.07. The van der Waals surface area contributed by atoms with E-state index in [0.29, 0.717) is 22.3 Å². The maximum Gasteiger partial charge on any atom is 0.343 e. The van der Waals surface area contributed by atoms with E-state index < -0.39 is 23.5 Å². The van der Waals surface area contributed by atoms with Crippen LogP contribution in [0, 0.1) is 0 Å². The molecule has 23 heavy (non-hydrogen) atoms. The van der Waals surface area contributed by atoms with Crippen molar-refractivity contribution in [1.82, 2.24) is 0 Å². The molecule has 0 heterocycles. The fourth-order valence-electron chi connectivity index (χ4n) is 2.87. The van der Waals surface area contributed by atoms with Gasteiger partial charge in [-0.3, -0.25) is 0 Å². The predicted molar refractivity (Wildman–Crippen MR) is 80.1 cm³/mol. The largest absolute Gasteiger partial charge is 0.478 e. The van der Waals surface area contributed by atoms with Crippen molar-refractivity contribution in [2.75, 3.05) is 0 Å². The van der Waals surface area contributed by atoms with Gasteiger partial charge in [0.15, 0.2) is 5.57 Å². The van der Waals surface area contributed by atoms with Crippen LogP contribution in [-0.2, 0) is 9.59 Å². The van der Waals surface area contributed by atoms with E-state index in [4.69, 9.17) is 0 Å². The second-order valence-electron chi connectivity index (χ2n) is 4.94. The van der Waals surface area contributed by atoms with Gasteiger partial charge in [0.1, 0.15) is 0 Å². The molecule has 0 saturated heterocycles. The third-order valence-corrected chi connectivity index (χ3v) is 3.71. The molecule has 114 valence electrons. The first-order valence-corrected chi connectivity index (χ1v) is 6.60. The maximum atomic E-state index is 11.5. The van der Waals surface area contributed by atoms with E-state index in [1.807, 2.05) is 0 Å². The summed E-state index contributed by atoms with van der Waals surface area (Å²) in [4.78, 5) is 34.3. The van der Waals surface area contributed by atoms with Gasteiger partial charge in [-0.15, -0.1) is 0 Å². The quantitative estimate of drug-likeness (QED) is 0.389.